The van der Waals surface area contributed by atoms with Crippen molar-refractivity contribution in [2.75, 3.05) is 10.6 Å². The third kappa shape index (κ3) is 4.12. The quantitative estimate of drug-likeness (QED) is 0.759. The average molecular weight is 377 g/mol. The van der Waals surface area contributed by atoms with Crippen LogP contribution >= 0.6 is 23.4 Å². The van der Waals surface area contributed by atoms with Gasteiger partial charge in [-0.1, -0.05) is 11.6 Å². The summed E-state index contributed by atoms with van der Waals surface area (Å²) >= 11 is 6.98. The molecule has 2 aromatic carbocycles. The summed E-state index contributed by atoms with van der Waals surface area (Å²) < 4.78 is 0. The van der Waals surface area contributed by atoms with Crippen molar-refractivity contribution in [2.45, 2.75) is 16.6 Å². The molecular weight excluding hydrogens is 364 g/mol. The number of hydrogen-bond acceptors (Lipinski definition) is 4. The molecule has 0 aliphatic carbocycles. The van der Waals surface area contributed by atoms with Crippen LogP contribution in [-0.4, -0.2) is 28.1 Å². The number of carbonyl (C=O) groups excluding carboxylic acids is 2. The minimum atomic E-state index is -1.04. The van der Waals surface area contributed by atoms with Crippen LogP contribution in [0.1, 0.15) is 16.8 Å². The number of fused-ring (bicyclic) bond motifs is 1. The summed E-state index contributed by atoms with van der Waals surface area (Å²) in [6.45, 7) is 0. The SMILES string of the molecule is O=C(C[C@H]1Sc2cc(C(=O)O)ccc2NC1=O)Nc1ccc(Cl)cc1. The molecule has 128 valence electrons. The van der Waals surface area contributed by atoms with Gasteiger partial charge in [0.05, 0.1) is 16.5 Å². The summed E-state index contributed by atoms with van der Waals surface area (Å²) in [5, 5.41) is 14.4. The van der Waals surface area contributed by atoms with Gasteiger partial charge in [0.2, 0.25) is 11.8 Å². The number of hydrogen-bond donors (Lipinski definition) is 3. The molecule has 0 fully saturated rings. The molecule has 0 radical (unpaired) electrons. The predicted octanol–water partition coefficient (Wildman–Crippen LogP) is 3.48. The number of anilines is 2. The summed E-state index contributed by atoms with van der Waals surface area (Å²) in [4.78, 5) is 36.0. The highest BCUT2D eigenvalue weighted by molar-refractivity contribution is 8.01. The van der Waals surface area contributed by atoms with E-state index in [0.29, 0.717) is 21.3 Å². The normalized spacial score (nSPS) is 15.9. The first kappa shape index (κ1) is 17.3. The molecule has 0 spiro atoms. The molecule has 2 amide bonds. The van der Waals surface area contributed by atoms with E-state index in [2.05, 4.69) is 10.6 Å². The fourth-order valence-corrected chi connectivity index (χ4v) is 3.60. The molecular formula is C17H13ClN2O4S. The number of nitrogens with one attached hydrogen (secondary N) is 2. The Bertz CT molecular complexity index is 854. The third-order valence-corrected chi connectivity index (χ3v) is 5.06. The molecule has 0 saturated heterocycles. The van der Waals surface area contributed by atoms with Gasteiger partial charge >= 0.3 is 5.97 Å². The standard InChI is InChI=1S/C17H13ClN2O4S/c18-10-2-4-11(5-3-10)19-15(21)8-14-16(22)20-12-6-1-9(17(23)24)7-13(12)25-14/h1-7,14H,8H2,(H,19,21)(H,20,22)(H,23,24)/t14-/m1/s1. The van der Waals surface area contributed by atoms with Crippen molar-refractivity contribution in [3.05, 3.63) is 53.1 Å². The van der Waals surface area contributed by atoms with Gasteiger partial charge in [-0.15, -0.1) is 11.8 Å². The Balaban J connectivity index is 1.69. The van der Waals surface area contributed by atoms with E-state index in [1.165, 1.54) is 23.9 Å². The summed E-state index contributed by atoms with van der Waals surface area (Å²) in [5.41, 5.74) is 1.27. The molecule has 0 bridgehead atoms. The van der Waals surface area contributed by atoms with E-state index in [9.17, 15) is 14.4 Å². The van der Waals surface area contributed by atoms with Gasteiger partial charge in [0.25, 0.3) is 0 Å². The van der Waals surface area contributed by atoms with E-state index in [1.54, 1.807) is 30.3 Å². The maximum Gasteiger partial charge on any atom is 0.335 e. The van der Waals surface area contributed by atoms with Gasteiger partial charge in [-0.2, -0.15) is 0 Å². The van der Waals surface area contributed by atoms with E-state index in [4.69, 9.17) is 16.7 Å². The summed E-state index contributed by atoms with van der Waals surface area (Å²) in [6, 6.07) is 11.1. The number of rotatable bonds is 4. The number of halogens is 1. The molecule has 6 nitrogen and oxygen atoms in total. The van der Waals surface area contributed by atoms with Gasteiger partial charge in [-0.3, -0.25) is 9.59 Å². The summed E-state index contributed by atoms with van der Waals surface area (Å²) in [5.74, 6) is -1.64. The van der Waals surface area contributed by atoms with Crippen LogP contribution in [0.3, 0.4) is 0 Å². The number of aromatic carboxylic acids is 1. The molecule has 0 aromatic heterocycles. The Hall–Kier alpha value is -2.51. The van der Waals surface area contributed by atoms with E-state index >= 15 is 0 Å². The van der Waals surface area contributed by atoms with E-state index in [0.717, 1.165) is 0 Å². The highest BCUT2D eigenvalue weighted by Gasteiger charge is 2.29. The molecule has 25 heavy (non-hydrogen) atoms. The maximum atomic E-state index is 12.2. The number of benzene rings is 2. The lowest BCUT2D eigenvalue weighted by Crippen LogP contribution is -2.32. The number of thioether (sulfide) groups is 1. The van der Waals surface area contributed by atoms with Crippen LogP contribution in [0, 0.1) is 0 Å². The third-order valence-electron chi connectivity index (χ3n) is 3.55. The maximum absolute atomic E-state index is 12.2. The van der Waals surface area contributed by atoms with Crippen LogP contribution in [0.5, 0.6) is 0 Å². The van der Waals surface area contributed by atoms with Crippen LogP contribution in [-0.2, 0) is 9.59 Å². The fourth-order valence-electron chi connectivity index (χ4n) is 2.32. The van der Waals surface area contributed by atoms with Crippen molar-refractivity contribution in [3.63, 3.8) is 0 Å². The Morgan fingerprint density at radius 1 is 1.20 bits per heavy atom. The molecule has 8 heteroatoms. The molecule has 3 rings (SSSR count). The molecule has 1 aliphatic heterocycles. The van der Waals surface area contributed by atoms with Gasteiger partial charge < -0.3 is 15.7 Å². The Morgan fingerprint density at radius 3 is 2.60 bits per heavy atom. The highest BCUT2D eigenvalue weighted by Crippen LogP contribution is 2.37. The molecule has 3 N–H and O–H groups in total. The summed E-state index contributed by atoms with van der Waals surface area (Å²) in [7, 11) is 0. The van der Waals surface area contributed by atoms with E-state index < -0.39 is 11.2 Å². The molecule has 0 unspecified atom stereocenters. The second-order valence-corrected chi connectivity index (χ2v) is 7.05. The van der Waals surface area contributed by atoms with Gasteiger partial charge in [0.1, 0.15) is 0 Å². The molecule has 1 heterocycles. The van der Waals surface area contributed by atoms with E-state index in [-0.39, 0.29) is 23.8 Å². The van der Waals surface area contributed by atoms with Crippen LogP contribution in [0.2, 0.25) is 5.02 Å². The molecule has 0 saturated carbocycles. The predicted molar refractivity (Wildman–Crippen MR) is 96.4 cm³/mol. The smallest absolute Gasteiger partial charge is 0.335 e. The van der Waals surface area contributed by atoms with Crippen molar-refractivity contribution < 1.29 is 19.5 Å². The first-order chi connectivity index (χ1) is 11.9. The molecule has 2 aromatic rings. The Kier molecular flexibility index (Phi) is 4.96. The van der Waals surface area contributed by atoms with Crippen molar-refractivity contribution in [2.24, 2.45) is 0 Å². The van der Waals surface area contributed by atoms with Crippen molar-refractivity contribution in [1.29, 1.82) is 0 Å². The zero-order chi connectivity index (χ0) is 18.0. The molecule has 1 atom stereocenters. The number of carboxylic acid groups (broad SMARTS) is 1. The van der Waals surface area contributed by atoms with Crippen LogP contribution in [0.4, 0.5) is 11.4 Å². The van der Waals surface area contributed by atoms with Crippen molar-refractivity contribution in [1.82, 2.24) is 0 Å². The average Bonchev–Trinajstić information content (AvgIpc) is 2.57. The van der Waals surface area contributed by atoms with Gasteiger partial charge in [0, 0.05) is 22.0 Å². The largest absolute Gasteiger partial charge is 0.478 e. The van der Waals surface area contributed by atoms with Gasteiger partial charge in [0.15, 0.2) is 0 Å². The van der Waals surface area contributed by atoms with Crippen molar-refractivity contribution >= 4 is 52.5 Å². The van der Waals surface area contributed by atoms with Crippen LogP contribution in [0.15, 0.2) is 47.4 Å². The van der Waals surface area contributed by atoms with Gasteiger partial charge in [-0.25, -0.2) is 4.79 Å². The lowest BCUT2D eigenvalue weighted by Gasteiger charge is -2.24. The first-order valence-electron chi connectivity index (χ1n) is 7.32. The molecule has 1 aliphatic rings. The minimum absolute atomic E-state index is 0.0319. The Morgan fingerprint density at radius 2 is 1.92 bits per heavy atom. The topological polar surface area (TPSA) is 95.5 Å². The number of carbonyl (C=O) groups is 3. The van der Waals surface area contributed by atoms with Crippen LogP contribution in [0.25, 0.3) is 0 Å². The Labute approximate surface area is 152 Å². The van der Waals surface area contributed by atoms with Crippen molar-refractivity contribution in [3.8, 4) is 0 Å². The number of carboxylic acids is 1. The zero-order valence-corrected chi connectivity index (χ0v) is 14.4. The monoisotopic (exact) mass is 376 g/mol. The van der Waals surface area contributed by atoms with E-state index in [1.807, 2.05) is 0 Å². The zero-order valence-electron chi connectivity index (χ0n) is 12.8. The number of amides is 2. The minimum Gasteiger partial charge on any atom is -0.478 e. The lowest BCUT2D eigenvalue weighted by atomic mass is 10.2. The fraction of sp³-hybridized carbons (Fsp3) is 0.118. The van der Waals surface area contributed by atoms with Gasteiger partial charge in [-0.05, 0) is 42.5 Å². The second-order valence-electron chi connectivity index (χ2n) is 5.37. The van der Waals surface area contributed by atoms with Crippen LogP contribution < -0.4 is 10.6 Å². The lowest BCUT2D eigenvalue weighted by molar-refractivity contribution is -0.120. The highest BCUT2D eigenvalue weighted by atomic mass is 35.5. The summed E-state index contributed by atoms with van der Waals surface area (Å²) in [6.07, 6.45) is -0.0319. The first-order valence-corrected chi connectivity index (χ1v) is 8.58. The second kappa shape index (κ2) is 7.16.